The molecule has 1 aliphatic rings. The molecule has 1 saturated heterocycles. The van der Waals surface area contributed by atoms with Crippen LogP contribution in [0, 0.1) is 0 Å². The molecule has 7 heteroatoms. The summed E-state index contributed by atoms with van der Waals surface area (Å²) in [5.74, 6) is -1.08. The number of hydrogen-bond acceptors (Lipinski definition) is 5. The number of carboxylic acids is 1. The number of aliphatic carboxylic acids is 1. The molecule has 2 N–H and O–H groups in total. The Morgan fingerprint density at radius 1 is 1.40 bits per heavy atom. The molecule has 0 spiro atoms. The Bertz CT molecular complexity index is 461. The van der Waals surface area contributed by atoms with Gasteiger partial charge in [0, 0.05) is 23.5 Å². The topological polar surface area (TPSA) is 83.8 Å². The summed E-state index contributed by atoms with van der Waals surface area (Å²) in [7, 11) is -1.04. The van der Waals surface area contributed by atoms with Crippen molar-refractivity contribution in [1.29, 1.82) is 0 Å². The van der Waals surface area contributed by atoms with Gasteiger partial charge in [-0.05, 0) is 24.3 Å². The van der Waals surface area contributed by atoms with Gasteiger partial charge in [-0.25, -0.2) is 0 Å². The van der Waals surface area contributed by atoms with Gasteiger partial charge in [0.25, 0.3) is 0 Å². The lowest BCUT2D eigenvalue weighted by Crippen LogP contribution is -2.38. The first kappa shape index (κ1) is 15.2. The smallest absolute Gasteiger partial charge is 0.458 e. The van der Waals surface area contributed by atoms with E-state index in [0.29, 0.717) is 19.3 Å². The monoisotopic (exact) mass is 296 g/mol. The summed E-state index contributed by atoms with van der Waals surface area (Å²) in [6, 6.07) is 3.82. The van der Waals surface area contributed by atoms with Crippen molar-refractivity contribution in [2.75, 3.05) is 0 Å². The Morgan fingerprint density at radius 2 is 2.20 bits per heavy atom. The van der Waals surface area contributed by atoms with Crippen LogP contribution < -0.4 is 0 Å². The van der Waals surface area contributed by atoms with E-state index in [4.69, 9.17) is 9.76 Å². The zero-order valence-electron chi connectivity index (χ0n) is 11.0. The number of carboxylic acid groups (broad SMARTS) is 1. The van der Waals surface area contributed by atoms with Crippen LogP contribution in [-0.4, -0.2) is 35.1 Å². The van der Waals surface area contributed by atoms with Gasteiger partial charge in [0.15, 0.2) is 0 Å². The standard InChI is InChI=1S/C13H17BO5S/c15-10(7-12-2-1-5-20-12)6-9-3-4-11(8-13(16)17)19-14(9)18/h1-2,5,9,11,18H,3-4,6-8H2,(H,16,17)/t9?,11-/m0/s1. The Balaban J connectivity index is 1.79. The van der Waals surface area contributed by atoms with Gasteiger partial charge in [0.1, 0.15) is 5.78 Å². The van der Waals surface area contributed by atoms with Crippen molar-refractivity contribution in [3.63, 3.8) is 0 Å². The highest BCUT2D eigenvalue weighted by Crippen LogP contribution is 2.31. The summed E-state index contributed by atoms with van der Waals surface area (Å²) in [5, 5.41) is 20.5. The molecule has 1 aromatic heterocycles. The highest BCUT2D eigenvalue weighted by molar-refractivity contribution is 7.10. The average Bonchev–Trinajstić information content (AvgIpc) is 2.84. The van der Waals surface area contributed by atoms with E-state index in [0.717, 1.165) is 4.88 Å². The van der Waals surface area contributed by atoms with Crippen molar-refractivity contribution in [3.05, 3.63) is 22.4 Å². The largest absolute Gasteiger partial charge is 0.481 e. The second-order valence-corrected chi connectivity index (χ2v) is 6.12. The van der Waals surface area contributed by atoms with Crippen molar-refractivity contribution in [2.24, 2.45) is 0 Å². The molecule has 2 rings (SSSR count). The molecular weight excluding hydrogens is 279 g/mol. The maximum atomic E-state index is 11.9. The third-order valence-corrected chi connectivity index (χ3v) is 4.31. The van der Waals surface area contributed by atoms with E-state index < -0.39 is 19.2 Å². The Kier molecular flexibility index (Phi) is 5.34. The predicted octanol–water partition coefficient (Wildman–Crippen LogP) is 1.75. The lowest BCUT2D eigenvalue weighted by Gasteiger charge is -2.30. The molecule has 1 aromatic rings. The van der Waals surface area contributed by atoms with Gasteiger partial charge in [-0.3, -0.25) is 9.59 Å². The number of hydrogen-bond donors (Lipinski definition) is 2. The molecule has 0 amide bonds. The summed E-state index contributed by atoms with van der Waals surface area (Å²) in [5.41, 5.74) is 0. The molecule has 0 saturated carbocycles. The fraction of sp³-hybridized carbons (Fsp3) is 0.538. The molecule has 2 heterocycles. The predicted molar refractivity (Wildman–Crippen MR) is 75.7 cm³/mol. The minimum Gasteiger partial charge on any atom is -0.481 e. The van der Waals surface area contributed by atoms with E-state index in [2.05, 4.69) is 0 Å². The van der Waals surface area contributed by atoms with Crippen LogP contribution in [-0.2, 0) is 20.7 Å². The molecule has 2 atom stereocenters. The molecule has 1 aliphatic heterocycles. The van der Waals surface area contributed by atoms with Crippen molar-refractivity contribution < 1.29 is 24.4 Å². The van der Waals surface area contributed by atoms with Crippen molar-refractivity contribution in [3.8, 4) is 0 Å². The zero-order valence-corrected chi connectivity index (χ0v) is 11.8. The van der Waals surface area contributed by atoms with Gasteiger partial charge >= 0.3 is 13.1 Å². The van der Waals surface area contributed by atoms with Crippen molar-refractivity contribution in [1.82, 2.24) is 0 Å². The van der Waals surface area contributed by atoms with E-state index in [-0.39, 0.29) is 24.4 Å². The van der Waals surface area contributed by atoms with Gasteiger partial charge in [-0.2, -0.15) is 0 Å². The van der Waals surface area contributed by atoms with Crippen LogP contribution in [0.2, 0.25) is 5.82 Å². The van der Waals surface area contributed by atoms with E-state index in [1.165, 1.54) is 0 Å². The quantitative estimate of drug-likeness (QED) is 0.781. The normalized spacial score (nSPS) is 22.8. The Morgan fingerprint density at radius 3 is 2.80 bits per heavy atom. The highest BCUT2D eigenvalue weighted by Gasteiger charge is 2.36. The van der Waals surface area contributed by atoms with Crippen LogP contribution in [0.15, 0.2) is 17.5 Å². The third kappa shape index (κ3) is 4.43. The lowest BCUT2D eigenvalue weighted by atomic mass is 9.64. The lowest BCUT2D eigenvalue weighted by molar-refractivity contribution is -0.139. The number of Topliss-reactive ketones (excluding diaryl/α,β-unsaturated/α-hetero) is 1. The molecule has 0 aliphatic carbocycles. The fourth-order valence-electron chi connectivity index (χ4n) is 2.44. The molecule has 1 unspecified atom stereocenters. The molecule has 0 aromatic carbocycles. The van der Waals surface area contributed by atoms with Crippen molar-refractivity contribution >= 4 is 30.2 Å². The first-order valence-corrected chi connectivity index (χ1v) is 7.52. The van der Waals surface area contributed by atoms with Crippen LogP contribution in [0.1, 0.15) is 30.6 Å². The van der Waals surface area contributed by atoms with Crippen molar-refractivity contribution in [2.45, 2.75) is 44.0 Å². The molecule has 20 heavy (non-hydrogen) atoms. The summed E-state index contributed by atoms with van der Waals surface area (Å²) >= 11 is 1.54. The van der Waals surface area contributed by atoms with Crippen LogP contribution in [0.25, 0.3) is 0 Å². The van der Waals surface area contributed by atoms with E-state index in [9.17, 15) is 14.6 Å². The zero-order chi connectivity index (χ0) is 14.5. The van der Waals surface area contributed by atoms with Gasteiger partial charge in [-0.1, -0.05) is 6.07 Å². The first-order valence-electron chi connectivity index (χ1n) is 6.64. The van der Waals surface area contributed by atoms with Gasteiger partial charge < -0.3 is 14.8 Å². The maximum Gasteiger partial charge on any atom is 0.458 e. The van der Waals surface area contributed by atoms with Gasteiger partial charge in [0.05, 0.1) is 12.5 Å². The SMILES string of the molecule is O=C(O)C[C@@H]1CCC(CC(=O)Cc2cccs2)B(O)O1. The third-order valence-electron chi connectivity index (χ3n) is 3.44. The molecule has 1 fully saturated rings. The molecule has 5 nitrogen and oxygen atoms in total. The number of carbonyl (C=O) groups excluding carboxylic acids is 1. The minimum absolute atomic E-state index is 0.0804. The molecular formula is C13H17BO5S. The van der Waals surface area contributed by atoms with E-state index in [1.54, 1.807) is 11.3 Å². The minimum atomic E-state index is -1.04. The van der Waals surface area contributed by atoms with Crippen LogP contribution in [0.5, 0.6) is 0 Å². The number of carbonyl (C=O) groups is 2. The van der Waals surface area contributed by atoms with E-state index >= 15 is 0 Å². The number of thiophene rings is 1. The summed E-state index contributed by atoms with van der Waals surface area (Å²) in [6.07, 6.45) is 1.30. The van der Waals surface area contributed by atoms with E-state index in [1.807, 2.05) is 17.5 Å². The van der Waals surface area contributed by atoms with Crippen LogP contribution >= 0.6 is 11.3 Å². The number of ketones is 1. The average molecular weight is 296 g/mol. The Hall–Kier alpha value is -1.18. The summed E-state index contributed by atoms with van der Waals surface area (Å²) in [6.45, 7) is 0. The fourth-order valence-corrected chi connectivity index (χ4v) is 3.17. The second-order valence-electron chi connectivity index (χ2n) is 5.08. The van der Waals surface area contributed by atoms with Gasteiger partial charge in [-0.15, -0.1) is 11.3 Å². The second kappa shape index (κ2) is 7.01. The first-order chi connectivity index (χ1) is 9.54. The van der Waals surface area contributed by atoms with Crippen LogP contribution in [0.4, 0.5) is 0 Å². The molecule has 108 valence electrons. The number of rotatable bonds is 6. The summed E-state index contributed by atoms with van der Waals surface area (Å²) in [4.78, 5) is 23.5. The summed E-state index contributed by atoms with van der Waals surface area (Å²) < 4.78 is 5.27. The van der Waals surface area contributed by atoms with Crippen LogP contribution in [0.3, 0.4) is 0 Å². The molecule has 0 bridgehead atoms. The van der Waals surface area contributed by atoms with Gasteiger partial charge in [0.2, 0.25) is 0 Å². The highest BCUT2D eigenvalue weighted by atomic mass is 32.1. The maximum absolute atomic E-state index is 11.9. The molecule has 0 radical (unpaired) electrons. The Labute approximate surface area is 121 Å².